The van der Waals surface area contributed by atoms with Gasteiger partial charge in [0.1, 0.15) is 18.2 Å². The van der Waals surface area contributed by atoms with Crippen molar-refractivity contribution in [3.8, 4) is 5.75 Å². The van der Waals surface area contributed by atoms with Gasteiger partial charge in [-0.15, -0.1) is 0 Å². The van der Waals surface area contributed by atoms with E-state index < -0.39 is 0 Å². The number of rotatable bonds is 10. The number of hydrogen-bond donors (Lipinski definition) is 0. The zero-order chi connectivity index (χ0) is 26.9. The molecule has 0 saturated heterocycles. The first kappa shape index (κ1) is 27.0. The van der Waals surface area contributed by atoms with Gasteiger partial charge in [0, 0.05) is 24.1 Å². The minimum atomic E-state index is -0.247. The highest BCUT2D eigenvalue weighted by molar-refractivity contribution is 7.56. The SMILES string of the molecule is C/N=C/c1cc(F)ccc1Pc1cc(CC2C=CC=CC2)cc(CC2C=CC=CC2)c1OCc1ccccc1. The highest BCUT2D eigenvalue weighted by Crippen LogP contribution is 2.32. The van der Waals surface area contributed by atoms with Crippen LogP contribution >= 0.6 is 8.58 Å². The molecule has 0 spiro atoms. The molecule has 198 valence electrons. The highest BCUT2D eigenvalue weighted by atomic mass is 31.1. The van der Waals surface area contributed by atoms with Gasteiger partial charge >= 0.3 is 0 Å². The molecule has 0 amide bonds. The number of hydrogen-bond acceptors (Lipinski definition) is 2. The van der Waals surface area contributed by atoms with Gasteiger partial charge in [-0.25, -0.2) is 4.39 Å². The van der Waals surface area contributed by atoms with E-state index in [0.717, 1.165) is 47.9 Å². The third kappa shape index (κ3) is 7.52. The van der Waals surface area contributed by atoms with Crippen molar-refractivity contribution in [2.45, 2.75) is 32.3 Å². The fraction of sp³-hybridized carbons (Fsp3) is 0.229. The Morgan fingerprint density at radius 3 is 2.28 bits per heavy atom. The molecule has 3 atom stereocenters. The van der Waals surface area contributed by atoms with Crippen LogP contribution in [0.3, 0.4) is 0 Å². The number of allylic oxidation sites excluding steroid dienone is 8. The summed E-state index contributed by atoms with van der Waals surface area (Å²) >= 11 is 0. The number of benzene rings is 3. The van der Waals surface area contributed by atoms with Crippen molar-refractivity contribution in [3.63, 3.8) is 0 Å². The van der Waals surface area contributed by atoms with Gasteiger partial charge in [0.15, 0.2) is 0 Å². The van der Waals surface area contributed by atoms with Gasteiger partial charge < -0.3 is 4.74 Å². The molecule has 3 aromatic carbocycles. The van der Waals surface area contributed by atoms with Crippen LogP contribution in [0.25, 0.3) is 0 Å². The number of nitrogens with zero attached hydrogens (tertiary/aromatic N) is 1. The fourth-order valence-electron chi connectivity index (χ4n) is 5.21. The Hall–Kier alpha value is -3.55. The van der Waals surface area contributed by atoms with Crippen molar-refractivity contribution in [2.75, 3.05) is 7.05 Å². The topological polar surface area (TPSA) is 21.6 Å². The first-order valence-electron chi connectivity index (χ1n) is 13.7. The molecule has 3 unspecified atom stereocenters. The van der Waals surface area contributed by atoms with Crippen molar-refractivity contribution in [3.05, 3.63) is 137 Å². The van der Waals surface area contributed by atoms with Gasteiger partial charge in [-0.3, -0.25) is 4.99 Å². The molecule has 0 fully saturated rings. The molecule has 4 heteroatoms. The lowest BCUT2D eigenvalue weighted by atomic mass is 9.89. The van der Waals surface area contributed by atoms with Crippen LogP contribution in [0.2, 0.25) is 0 Å². The molecule has 2 nitrogen and oxygen atoms in total. The fourth-order valence-corrected chi connectivity index (χ4v) is 6.55. The molecular formula is C35H35FNOP. The number of aliphatic imine (C=N–C) groups is 1. The van der Waals surface area contributed by atoms with Crippen LogP contribution in [-0.2, 0) is 19.4 Å². The van der Waals surface area contributed by atoms with E-state index in [1.807, 2.05) is 24.3 Å². The van der Waals surface area contributed by atoms with Gasteiger partial charge in [0.2, 0.25) is 0 Å². The summed E-state index contributed by atoms with van der Waals surface area (Å²) in [5.41, 5.74) is 4.53. The molecule has 0 radical (unpaired) electrons. The van der Waals surface area contributed by atoms with E-state index >= 15 is 0 Å². The summed E-state index contributed by atoms with van der Waals surface area (Å²) in [7, 11) is 2.04. The monoisotopic (exact) mass is 535 g/mol. The lowest BCUT2D eigenvalue weighted by molar-refractivity contribution is 0.304. The molecule has 2 aliphatic carbocycles. The molecule has 0 aromatic heterocycles. The molecule has 0 heterocycles. The summed E-state index contributed by atoms with van der Waals surface area (Å²) in [4.78, 5) is 4.19. The highest BCUT2D eigenvalue weighted by Gasteiger charge is 2.19. The zero-order valence-corrected chi connectivity index (χ0v) is 23.4. The van der Waals surface area contributed by atoms with Crippen LogP contribution < -0.4 is 15.3 Å². The van der Waals surface area contributed by atoms with Crippen LogP contribution in [0.1, 0.15) is 35.1 Å². The quantitative estimate of drug-likeness (QED) is 0.195. The summed E-state index contributed by atoms with van der Waals surface area (Å²) in [5, 5.41) is 2.23. The summed E-state index contributed by atoms with van der Waals surface area (Å²) in [5.74, 6) is 1.64. The molecule has 39 heavy (non-hydrogen) atoms. The first-order valence-corrected chi connectivity index (χ1v) is 14.7. The standard InChI is InChI=1S/C35H35FNOP/c1-37-24-31-23-32(36)17-18-33(31)39-34-22-29(19-26-11-5-2-6-12-26)21-30(20-27-13-7-3-8-14-27)35(34)38-25-28-15-9-4-10-16-28/h2-11,13,15-18,21-24,26-27,39H,12,14,19-20,25H2,1H3/b37-24+. The van der Waals surface area contributed by atoms with Crippen LogP contribution in [0.4, 0.5) is 4.39 Å². The molecule has 0 aliphatic heterocycles. The molecule has 0 saturated carbocycles. The predicted octanol–water partition coefficient (Wildman–Crippen LogP) is 7.43. The predicted molar refractivity (Wildman–Crippen MR) is 165 cm³/mol. The molecule has 0 bridgehead atoms. The second kappa shape index (κ2) is 13.5. The molecule has 3 aromatic rings. The Labute approximate surface area is 233 Å². The van der Waals surface area contributed by atoms with Crippen LogP contribution in [-0.4, -0.2) is 13.3 Å². The Morgan fingerprint density at radius 1 is 0.846 bits per heavy atom. The van der Waals surface area contributed by atoms with E-state index in [1.54, 1.807) is 25.4 Å². The van der Waals surface area contributed by atoms with Crippen LogP contribution in [0.15, 0.2) is 114 Å². The Bertz CT molecular complexity index is 1420. The van der Waals surface area contributed by atoms with E-state index in [1.165, 1.54) is 16.4 Å². The van der Waals surface area contributed by atoms with E-state index in [2.05, 4.69) is 77.9 Å². The maximum atomic E-state index is 14.1. The second-order valence-corrected chi connectivity index (χ2v) is 11.5. The maximum Gasteiger partial charge on any atom is 0.130 e. The van der Waals surface area contributed by atoms with Gasteiger partial charge in [0.05, 0.1) is 0 Å². The minimum Gasteiger partial charge on any atom is -0.488 e. The van der Waals surface area contributed by atoms with Crippen LogP contribution in [0.5, 0.6) is 5.75 Å². The summed E-state index contributed by atoms with van der Waals surface area (Å²) in [6.07, 6.45) is 23.4. The van der Waals surface area contributed by atoms with E-state index in [-0.39, 0.29) is 5.82 Å². The largest absolute Gasteiger partial charge is 0.488 e. The Kier molecular flexibility index (Phi) is 9.35. The molecular weight excluding hydrogens is 500 g/mol. The first-order chi connectivity index (χ1) is 19.2. The number of halogens is 1. The third-order valence-electron chi connectivity index (χ3n) is 7.12. The Morgan fingerprint density at radius 2 is 1.59 bits per heavy atom. The second-order valence-electron chi connectivity index (χ2n) is 10.2. The van der Waals surface area contributed by atoms with E-state index in [0.29, 0.717) is 27.0 Å². The van der Waals surface area contributed by atoms with Crippen molar-refractivity contribution >= 4 is 25.4 Å². The number of ether oxygens (including phenoxy) is 1. The van der Waals surface area contributed by atoms with Gasteiger partial charge in [-0.05, 0) is 77.7 Å². The minimum absolute atomic E-state index is 0.247. The Balaban J connectivity index is 1.56. The average Bonchev–Trinajstić information content (AvgIpc) is 2.96. The summed E-state index contributed by atoms with van der Waals surface area (Å²) in [6, 6.07) is 20.0. The average molecular weight is 536 g/mol. The van der Waals surface area contributed by atoms with Crippen molar-refractivity contribution < 1.29 is 9.13 Å². The van der Waals surface area contributed by atoms with Gasteiger partial charge in [-0.2, -0.15) is 0 Å². The van der Waals surface area contributed by atoms with E-state index in [4.69, 9.17) is 4.74 Å². The van der Waals surface area contributed by atoms with Crippen molar-refractivity contribution in [1.82, 2.24) is 0 Å². The van der Waals surface area contributed by atoms with Crippen molar-refractivity contribution in [1.29, 1.82) is 0 Å². The smallest absolute Gasteiger partial charge is 0.130 e. The van der Waals surface area contributed by atoms with Gasteiger partial charge in [-0.1, -0.05) is 99.7 Å². The molecule has 0 N–H and O–H groups in total. The third-order valence-corrected chi connectivity index (χ3v) is 8.49. The zero-order valence-electron chi connectivity index (χ0n) is 22.4. The van der Waals surface area contributed by atoms with Crippen molar-refractivity contribution in [2.24, 2.45) is 16.8 Å². The van der Waals surface area contributed by atoms with E-state index in [9.17, 15) is 4.39 Å². The van der Waals surface area contributed by atoms with Crippen LogP contribution in [0, 0.1) is 17.7 Å². The molecule has 5 rings (SSSR count). The van der Waals surface area contributed by atoms with Gasteiger partial charge in [0.25, 0.3) is 0 Å². The summed E-state index contributed by atoms with van der Waals surface area (Å²) in [6.45, 7) is 0.508. The lowest BCUT2D eigenvalue weighted by Crippen LogP contribution is -2.17. The summed E-state index contributed by atoms with van der Waals surface area (Å²) < 4.78 is 20.8. The maximum absolute atomic E-state index is 14.1. The lowest BCUT2D eigenvalue weighted by Gasteiger charge is -2.22. The normalized spacial score (nSPS) is 18.5. The molecule has 2 aliphatic rings.